The summed E-state index contributed by atoms with van der Waals surface area (Å²) in [6.45, 7) is 6.01. The number of rotatable bonds is 8. The van der Waals surface area contributed by atoms with Gasteiger partial charge in [-0.3, -0.25) is 0 Å². The van der Waals surface area contributed by atoms with Crippen molar-refractivity contribution in [3.63, 3.8) is 0 Å². The van der Waals surface area contributed by atoms with E-state index in [0.717, 1.165) is 26.5 Å². The number of hydrogen-bond donors (Lipinski definition) is 0. The van der Waals surface area contributed by atoms with Gasteiger partial charge >= 0.3 is 5.97 Å². The summed E-state index contributed by atoms with van der Waals surface area (Å²) < 4.78 is 5.22. The first kappa shape index (κ1) is 22.1. The van der Waals surface area contributed by atoms with E-state index in [9.17, 15) is 4.79 Å². The van der Waals surface area contributed by atoms with Gasteiger partial charge in [-0.05, 0) is 38.5 Å². The minimum Gasteiger partial charge on any atom is -0.462 e. The molecule has 0 aliphatic heterocycles. The van der Waals surface area contributed by atoms with E-state index in [1.165, 1.54) is 11.3 Å². The predicted molar refractivity (Wildman–Crippen MR) is 122 cm³/mol. The molecule has 8 heteroatoms. The molecule has 0 amide bonds. The molecule has 156 valence electrons. The monoisotopic (exact) mass is 440 g/mol. The van der Waals surface area contributed by atoms with Gasteiger partial charge in [0.2, 0.25) is 0 Å². The largest absolute Gasteiger partial charge is 0.462 e. The molecule has 0 bridgehead atoms. The second-order valence-corrected chi connectivity index (χ2v) is 8.89. The van der Waals surface area contributed by atoms with E-state index in [1.54, 1.807) is 18.7 Å². The van der Waals surface area contributed by atoms with Gasteiger partial charge in [0.25, 0.3) is 0 Å². The Labute approximate surface area is 184 Å². The average Bonchev–Trinajstić information content (AvgIpc) is 3.09. The number of aryl methyl sites for hydroxylation is 1. The van der Waals surface area contributed by atoms with Crippen molar-refractivity contribution >= 4 is 45.1 Å². The van der Waals surface area contributed by atoms with Crippen LogP contribution in [-0.2, 0) is 10.5 Å². The number of thiophene rings is 1. The Bertz CT molecular complexity index is 1080. The zero-order chi connectivity index (χ0) is 21.7. The van der Waals surface area contributed by atoms with Crippen molar-refractivity contribution in [3.8, 4) is 6.07 Å². The highest BCUT2D eigenvalue weighted by molar-refractivity contribution is 7.98. The van der Waals surface area contributed by atoms with Crippen molar-refractivity contribution in [2.45, 2.75) is 43.9 Å². The fourth-order valence-corrected chi connectivity index (χ4v) is 4.88. The third-order valence-corrected chi connectivity index (χ3v) is 6.95. The van der Waals surface area contributed by atoms with E-state index < -0.39 is 0 Å². The van der Waals surface area contributed by atoms with Gasteiger partial charge in [-0.15, -0.1) is 23.1 Å². The molecule has 0 spiro atoms. The third-order valence-electron chi connectivity index (χ3n) is 4.77. The number of nitrogens with zero attached hydrogens (tertiary/aromatic N) is 4. The molecule has 0 saturated heterocycles. The SMILES string of the molecule is CCOC(=O)c1sc2nc(CSc3ccccc3)nc(N(C)[C@@H](C)CC#N)c2c1C. The molecule has 0 saturated carbocycles. The van der Waals surface area contributed by atoms with Crippen LogP contribution in [0.5, 0.6) is 0 Å². The van der Waals surface area contributed by atoms with Gasteiger partial charge in [0.05, 0.1) is 30.2 Å². The Morgan fingerprint density at radius 3 is 2.73 bits per heavy atom. The fourth-order valence-electron chi connectivity index (χ4n) is 3.01. The first-order valence-corrected chi connectivity index (χ1v) is 11.5. The Morgan fingerprint density at radius 1 is 1.33 bits per heavy atom. The minimum atomic E-state index is -0.336. The van der Waals surface area contributed by atoms with E-state index in [1.807, 2.05) is 44.0 Å². The van der Waals surface area contributed by atoms with Crippen molar-refractivity contribution < 1.29 is 9.53 Å². The molecule has 30 heavy (non-hydrogen) atoms. The molecule has 0 N–H and O–H groups in total. The van der Waals surface area contributed by atoms with Crippen molar-refractivity contribution in [3.05, 3.63) is 46.6 Å². The molecule has 0 aliphatic rings. The molecule has 6 nitrogen and oxygen atoms in total. The van der Waals surface area contributed by atoms with Crippen molar-refractivity contribution in [2.75, 3.05) is 18.6 Å². The molecule has 1 atom stereocenters. The van der Waals surface area contributed by atoms with Crippen LogP contribution in [0.25, 0.3) is 10.2 Å². The molecule has 3 aromatic rings. The lowest BCUT2D eigenvalue weighted by atomic mass is 10.1. The van der Waals surface area contributed by atoms with Crippen LogP contribution in [0.2, 0.25) is 0 Å². The number of thioether (sulfide) groups is 1. The van der Waals surface area contributed by atoms with Gasteiger partial charge in [0, 0.05) is 18.0 Å². The summed E-state index contributed by atoms with van der Waals surface area (Å²) in [5.74, 6) is 1.71. The number of anilines is 1. The van der Waals surface area contributed by atoms with Crippen LogP contribution in [0.4, 0.5) is 5.82 Å². The van der Waals surface area contributed by atoms with E-state index in [2.05, 4.69) is 18.2 Å². The lowest BCUT2D eigenvalue weighted by Gasteiger charge is -2.25. The second-order valence-electron chi connectivity index (χ2n) is 6.84. The molecule has 0 aliphatic carbocycles. The Balaban J connectivity index is 2.06. The standard InChI is InChI=1S/C22H24N4O2S2/c1-5-28-22(27)19-15(3)18-20(26(4)14(2)11-12-23)24-17(25-21(18)30-19)13-29-16-9-7-6-8-10-16/h6-10,14H,5,11,13H2,1-4H3/t14-/m0/s1. The minimum absolute atomic E-state index is 0.0203. The van der Waals surface area contributed by atoms with Gasteiger partial charge in [0.1, 0.15) is 21.3 Å². The molecular formula is C22H24N4O2S2. The summed E-state index contributed by atoms with van der Waals surface area (Å²) in [5, 5.41) is 9.98. The number of fused-ring (bicyclic) bond motifs is 1. The lowest BCUT2D eigenvalue weighted by Crippen LogP contribution is -2.29. The van der Waals surface area contributed by atoms with Crippen LogP contribution in [-0.4, -0.2) is 35.6 Å². The highest BCUT2D eigenvalue weighted by Crippen LogP contribution is 2.37. The average molecular weight is 441 g/mol. The van der Waals surface area contributed by atoms with Gasteiger partial charge in [-0.1, -0.05) is 18.2 Å². The van der Waals surface area contributed by atoms with Gasteiger partial charge in [-0.25, -0.2) is 14.8 Å². The number of nitriles is 1. The Kier molecular flexibility index (Phi) is 7.29. The zero-order valence-electron chi connectivity index (χ0n) is 17.5. The van der Waals surface area contributed by atoms with Crippen LogP contribution < -0.4 is 4.90 Å². The van der Waals surface area contributed by atoms with Crippen LogP contribution in [0.1, 0.15) is 41.3 Å². The van der Waals surface area contributed by atoms with Crippen LogP contribution in [0, 0.1) is 18.3 Å². The van der Waals surface area contributed by atoms with E-state index in [0.29, 0.717) is 29.5 Å². The summed E-state index contributed by atoms with van der Waals surface area (Å²) in [7, 11) is 1.93. The summed E-state index contributed by atoms with van der Waals surface area (Å²) in [6, 6.07) is 12.3. The van der Waals surface area contributed by atoms with E-state index >= 15 is 0 Å². The number of aromatic nitrogens is 2. The van der Waals surface area contributed by atoms with E-state index in [-0.39, 0.29) is 12.0 Å². The summed E-state index contributed by atoms with van der Waals surface area (Å²) >= 11 is 3.00. The van der Waals surface area contributed by atoms with Crippen molar-refractivity contribution in [1.82, 2.24) is 9.97 Å². The summed E-state index contributed by atoms with van der Waals surface area (Å²) in [5.41, 5.74) is 0.821. The van der Waals surface area contributed by atoms with Crippen molar-refractivity contribution in [1.29, 1.82) is 5.26 Å². The summed E-state index contributed by atoms with van der Waals surface area (Å²) in [6.07, 6.45) is 0.379. The summed E-state index contributed by atoms with van der Waals surface area (Å²) in [4.78, 5) is 26.5. The Hall–Kier alpha value is -2.63. The normalized spacial score (nSPS) is 11.8. The first-order valence-electron chi connectivity index (χ1n) is 9.71. The fraction of sp³-hybridized carbons (Fsp3) is 0.364. The molecule has 2 heterocycles. The highest BCUT2D eigenvalue weighted by atomic mass is 32.2. The quantitative estimate of drug-likeness (QED) is 0.351. The second kappa shape index (κ2) is 9.92. The van der Waals surface area contributed by atoms with Gasteiger partial charge < -0.3 is 9.64 Å². The number of esters is 1. The van der Waals surface area contributed by atoms with Crippen LogP contribution in [0.3, 0.4) is 0 Å². The van der Waals surface area contributed by atoms with Gasteiger partial charge in [-0.2, -0.15) is 5.26 Å². The molecule has 2 aromatic heterocycles. The zero-order valence-corrected chi connectivity index (χ0v) is 19.1. The van der Waals surface area contributed by atoms with Gasteiger partial charge in [0.15, 0.2) is 0 Å². The van der Waals surface area contributed by atoms with Crippen molar-refractivity contribution in [2.24, 2.45) is 0 Å². The number of carbonyl (C=O) groups is 1. The highest BCUT2D eigenvalue weighted by Gasteiger charge is 2.24. The molecule has 1 aromatic carbocycles. The first-order chi connectivity index (χ1) is 14.5. The van der Waals surface area contributed by atoms with Crippen LogP contribution in [0.15, 0.2) is 35.2 Å². The number of ether oxygens (including phenoxy) is 1. The number of hydrogen-bond acceptors (Lipinski definition) is 8. The number of carbonyl (C=O) groups excluding carboxylic acids is 1. The maximum Gasteiger partial charge on any atom is 0.348 e. The topological polar surface area (TPSA) is 79.1 Å². The molecule has 0 fully saturated rings. The van der Waals surface area contributed by atoms with Crippen LogP contribution >= 0.6 is 23.1 Å². The number of benzene rings is 1. The maximum atomic E-state index is 12.4. The predicted octanol–water partition coefficient (Wildman–Crippen LogP) is 5.21. The van der Waals surface area contributed by atoms with E-state index in [4.69, 9.17) is 20.0 Å². The molecule has 0 radical (unpaired) electrons. The molecular weight excluding hydrogens is 416 g/mol. The maximum absolute atomic E-state index is 12.4. The lowest BCUT2D eigenvalue weighted by molar-refractivity contribution is 0.0531. The smallest absolute Gasteiger partial charge is 0.348 e. The Morgan fingerprint density at radius 2 is 2.07 bits per heavy atom. The molecule has 3 rings (SSSR count). The molecule has 0 unspecified atom stereocenters. The third kappa shape index (κ3) is 4.74.